The Morgan fingerprint density at radius 1 is 1.18 bits per heavy atom. The maximum Gasteiger partial charge on any atom is 0.306 e. The van der Waals surface area contributed by atoms with Crippen LogP contribution in [0.2, 0.25) is 0 Å². The minimum atomic E-state index is -0.0546. The Morgan fingerprint density at radius 2 is 1.88 bits per heavy atom. The van der Waals surface area contributed by atoms with E-state index in [0.29, 0.717) is 13.0 Å². The van der Waals surface area contributed by atoms with E-state index in [1.807, 2.05) is 6.92 Å². The number of carbonyl (C=O) groups is 1. The van der Waals surface area contributed by atoms with Crippen molar-refractivity contribution < 1.29 is 9.53 Å². The Bertz CT molecular complexity index is 177. The fourth-order valence-electron chi connectivity index (χ4n) is 1.61. The average molecular weight is 266 g/mol. The highest BCUT2D eigenvalue weighted by molar-refractivity contribution is 5.85. The van der Waals surface area contributed by atoms with Gasteiger partial charge in [0, 0.05) is 6.42 Å². The summed E-state index contributed by atoms with van der Waals surface area (Å²) in [6, 6.07) is 0. The van der Waals surface area contributed by atoms with Crippen molar-refractivity contribution in [2.75, 3.05) is 6.54 Å². The lowest BCUT2D eigenvalue weighted by molar-refractivity contribution is -0.148. The number of unbranched alkanes of at least 4 members (excludes halogenated alkanes) is 4. The van der Waals surface area contributed by atoms with Crippen molar-refractivity contribution >= 4 is 18.4 Å². The van der Waals surface area contributed by atoms with E-state index in [2.05, 4.69) is 6.92 Å². The predicted molar refractivity (Wildman–Crippen MR) is 74.5 cm³/mol. The van der Waals surface area contributed by atoms with Crippen molar-refractivity contribution in [2.45, 2.75) is 71.3 Å². The van der Waals surface area contributed by atoms with E-state index in [4.69, 9.17) is 10.5 Å². The van der Waals surface area contributed by atoms with Gasteiger partial charge in [0.05, 0.1) is 6.10 Å². The van der Waals surface area contributed by atoms with E-state index in [0.717, 1.165) is 32.1 Å². The molecule has 0 amide bonds. The molecule has 0 radical (unpaired) electrons. The van der Waals surface area contributed by atoms with Gasteiger partial charge in [-0.15, -0.1) is 12.4 Å². The zero-order valence-electron chi connectivity index (χ0n) is 11.2. The molecule has 0 aromatic rings. The summed E-state index contributed by atoms with van der Waals surface area (Å²) in [7, 11) is 0. The first kappa shape index (κ1) is 19.1. The van der Waals surface area contributed by atoms with Crippen LogP contribution in [0.15, 0.2) is 0 Å². The second kappa shape index (κ2) is 13.8. The smallest absolute Gasteiger partial charge is 0.306 e. The molecule has 0 aliphatic carbocycles. The Hall–Kier alpha value is -0.280. The topological polar surface area (TPSA) is 52.3 Å². The van der Waals surface area contributed by atoms with Gasteiger partial charge < -0.3 is 10.5 Å². The summed E-state index contributed by atoms with van der Waals surface area (Å²) in [4.78, 5) is 11.4. The van der Waals surface area contributed by atoms with E-state index in [1.165, 1.54) is 12.8 Å². The SMILES string of the molecule is CCCCCC(C)OC(=O)CCCCCN.Cl. The van der Waals surface area contributed by atoms with Crippen molar-refractivity contribution in [3.8, 4) is 0 Å². The second-order valence-corrected chi connectivity index (χ2v) is 4.40. The van der Waals surface area contributed by atoms with Gasteiger partial charge in [-0.2, -0.15) is 0 Å². The van der Waals surface area contributed by atoms with Crippen LogP contribution in [-0.2, 0) is 9.53 Å². The van der Waals surface area contributed by atoms with Gasteiger partial charge in [0.25, 0.3) is 0 Å². The average Bonchev–Trinajstić information content (AvgIpc) is 2.25. The number of rotatable bonds is 10. The second-order valence-electron chi connectivity index (χ2n) is 4.40. The van der Waals surface area contributed by atoms with E-state index < -0.39 is 0 Å². The number of hydrogen-bond acceptors (Lipinski definition) is 3. The van der Waals surface area contributed by atoms with Crippen LogP contribution in [-0.4, -0.2) is 18.6 Å². The fourth-order valence-corrected chi connectivity index (χ4v) is 1.61. The molecule has 0 rings (SSSR count). The van der Waals surface area contributed by atoms with Gasteiger partial charge in [-0.3, -0.25) is 4.79 Å². The number of ether oxygens (including phenoxy) is 1. The predicted octanol–water partition coefficient (Wildman–Crippen LogP) is 3.44. The van der Waals surface area contributed by atoms with Gasteiger partial charge in [-0.05, 0) is 39.2 Å². The molecular formula is C13H28ClNO2. The van der Waals surface area contributed by atoms with Crippen LogP contribution in [0.1, 0.15) is 65.2 Å². The molecule has 17 heavy (non-hydrogen) atoms. The number of hydrogen-bond donors (Lipinski definition) is 1. The van der Waals surface area contributed by atoms with Crippen molar-refractivity contribution in [2.24, 2.45) is 5.73 Å². The van der Waals surface area contributed by atoms with Crippen molar-refractivity contribution in [3.05, 3.63) is 0 Å². The molecule has 4 heteroatoms. The summed E-state index contributed by atoms with van der Waals surface area (Å²) in [6.07, 6.45) is 8.11. The fraction of sp³-hybridized carbons (Fsp3) is 0.923. The lowest BCUT2D eigenvalue weighted by Crippen LogP contribution is -2.14. The molecule has 0 aromatic heterocycles. The van der Waals surface area contributed by atoms with Crippen LogP contribution in [0.25, 0.3) is 0 Å². The minimum Gasteiger partial charge on any atom is -0.463 e. The Labute approximate surface area is 112 Å². The molecule has 0 aromatic carbocycles. The molecule has 1 unspecified atom stereocenters. The van der Waals surface area contributed by atoms with Crippen LogP contribution >= 0.6 is 12.4 Å². The van der Waals surface area contributed by atoms with Gasteiger partial charge in [0.1, 0.15) is 0 Å². The largest absolute Gasteiger partial charge is 0.463 e. The molecule has 0 bridgehead atoms. The highest BCUT2D eigenvalue weighted by Crippen LogP contribution is 2.08. The number of nitrogens with two attached hydrogens (primary N) is 1. The highest BCUT2D eigenvalue weighted by atomic mass is 35.5. The van der Waals surface area contributed by atoms with Crippen molar-refractivity contribution in [1.82, 2.24) is 0 Å². The van der Waals surface area contributed by atoms with E-state index >= 15 is 0 Å². The Morgan fingerprint density at radius 3 is 2.47 bits per heavy atom. The van der Waals surface area contributed by atoms with Gasteiger partial charge in [-0.1, -0.05) is 26.2 Å². The molecule has 3 nitrogen and oxygen atoms in total. The molecule has 0 saturated carbocycles. The van der Waals surface area contributed by atoms with Gasteiger partial charge in [0.15, 0.2) is 0 Å². The number of carbonyl (C=O) groups excluding carboxylic acids is 1. The van der Waals surface area contributed by atoms with Gasteiger partial charge >= 0.3 is 5.97 Å². The quantitative estimate of drug-likeness (QED) is 0.486. The number of halogens is 1. The van der Waals surface area contributed by atoms with Gasteiger partial charge in [0.2, 0.25) is 0 Å². The zero-order chi connectivity index (χ0) is 12.2. The summed E-state index contributed by atoms with van der Waals surface area (Å²) in [6.45, 7) is 4.87. The van der Waals surface area contributed by atoms with E-state index in [-0.39, 0.29) is 24.5 Å². The molecule has 0 saturated heterocycles. The summed E-state index contributed by atoms with van der Waals surface area (Å²) >= 11 is 0. The standard InChI is InChI=1S/C13H27NO2.ClH/c1-3-4-6-9-12(2)16-13(15)10-7-5-8-11-14;/h12H,3-11,14H2,1-2H3;1H. The highest BCUT2D eigenvalue weighted by Gasteiger charge is 2.08. The van der Waals surface area contributed by atoms with E-state index in [9.17, 15) is 4.79 Å². The summed E-state index contributed by atoms with van der Waals surface area (Å²) in [5, 5.41) is 0. The van der Waals surface area contributed by atoms with Crippen LogP contribution in [0.5, 0.6) is 0 Å². The molecule has 0 aliphatic rings. The Balaban J connectivity index is 0. The molecule has 104 valence electrons. The third-order valence-corrected chi connectivity index (χ3v) is 2.63. The van der Waals surface area contributed by atoms with Gasteiger partial charge in [-0.25, -0.2) is 0 Å². The molecule has 0 spiro atoms. The zero-order valence-corrected chi connectivity index (χ0v) is 12.1. The van der Waals surface area contributed by atoms with Crippen LogP contribution in [0, 0.1) is 0 Å². The first-order chi connectivity index (χ1) is 7.70. The molecule has 0 fully saturated rings. The molecule has 0 heterocycles. The normalized spacial score (nSPS) is 11.7. The molecule has 2 N–H and O–H groups in total. The van der Waals surface area contributed by atoms with Crippen molar-refractivity contribution in [1.29, 1.82) is 0 Å². The van der Waals surface area contributed by atoms with Crippen LogP contribution in [0.3, 0.4) is 0 Å². The van der Waals surface area contributed by atoms with Crippen molar-refractivity contribution in [3.63, 3.8) is 0 Å². The maximum absolute atomic E-state index is 11.4. The number of esters is 1. The monoisotopic (exact) mass is 265 g/mol. The summed E-state index contributed by atoms with van der Waals surface area (Å²) in [5.41, 5.74) is 5.38. The van der Waals surface area contributed by atoms with E-state index in [1.54, 1.807) is 0 Å². The first-order valence-electron chi connectivity index (χ1n) is 6.60. The molecule has 1 atom stereocenters. The summed E-state index contributed by atoms with van der Waals surface area (Å²) in [5.74, 6) is -0.0546. The molecular weight excluding hydrogens is 238 g/mol. The lowest BCUT2D eigenvalue weighted by atomic mass is 10.1. The maximum atomic E-state index is 11.4. The minimum absolute atomic E-state index is 0. The lowest BCUT2D eigenvalue weighted by Gasteiger charge is -2.12. The third-order valence-electron chi connectivity index (χ3n) is 2.63. The van der Waals surface area contributed by atoms with Crippen LogP contribution in [0.4, 0.5) is 0 Å². The van der Waals surface area contributed by atoms with Crippen LogP contribution < -0.4 is 5.73 Å². The first-order valence-corrected chi connectivity index (χ1v) is 6.60. The Kier molecular flexibility index (Phi) is 15.5. The third kappa shape index (κ3) is 13.7. The molecule has 0 aliphatic heterocycles. The summed E-state index contributed by atoms with van der Waals surface area (Å²) < 4.78 is 5.31.